The predicted molar refractivity (Wildman–Crippen MR) is 85.3 cm³/mol. The molecule has 0 aliphatic carbocycles. The van der Waals surface area contributed by atoms with Crippen LogP contribution < -0.4 is 5.73 Å². The molecular weight excluding hydrogens is 284 g/mol. The molecule has 6 heteroatoms. The van der Waals surface area contributed by atoms with Crippen LogP contribution in [-0.4, -0.2) is 40.1 Å². The third kappa shape index (κ3) is 3.57. The van der Waals surface area contributed by atoms with Gasteiger partial charge in [-0.2, -0.15) is 16.7 Å². The fourth-order valence-corrected chi connectivity index (χ4v) is 3.67. The quantitative estimate of drug-likeness (QED) is 0.873. The second kappa shape index (κ2) is 6.49. The molecule has 0 bridgehead atoms. The molecule has 1 fully saturated rings. The number of rotatable bonds is 4. The van der Waals surface area contributed by atoms with Gasteiger partial charge in [-0.3, -0.25) is 4.90 Å². The van der Waals surface area contributed by atoms with Crippen molar-refractivity contribution in [3.05, 3.63) is 41.5 Å². The Hall–Kier alpha value is -1.53. The van der Waals surface area contributed by atoms with E-state index in [4.69, 9.17) is 10.3 Å². The van der Waals surface area contributed by atoms with Crippen molar-refractivity contribution in [3.63, 3.8) is 0 Å². The monoisotopic (exact) mass is 304 g/mol. The van der Waals surface area contributed by atoms with Crippen molar-refractivity contribution in [2.24, 2.45) is 0 Å². The summed E-state index contributed by atoms with van der Waals surface area (Å²) in [6.07, 6.45) is 1.61. The zero-order valence-corrected chi connectivity index (χ0v) is 13.0. The highest BCUT2D eigenvalue weighted by Gasteiger charge is 2.25. The molecular formula is C15H20N4OS. The standard InChI is InChI=1S/C15H20N4OS/c1-19-7-8-21-10-13(19)15-17-14(20-18-15)6-5-11-3-2-4-12(16)9-11/h2-4,9,13H,5-8,10,16H2,1H3. The lowest BCUT2D eigenvalue weighted by Gasteiger charge is -2.29. The van der Waals surface area contributed by atoms with Gasteiger partial charge < -0.3 is 10.3 Å². The minimum Gasteiger partial charge on any atom is -0.399 e. The summed E-state index contributed by atoms with van der Waals surface area (Å²) in [5.74, 6) is 3.72. The van der Waals surface area contributed by atoms with E-state index in [0.717, 1.165) is 36.7 Å². The molecule has 21 heavy (non-hydrogen) atoms. The SMILES string of the molecule is CN1CCSCC1c1noc(CCc2cccc(N)c2)n1. The van der Waals surface area contributed by atoms with Crippen LogP contribution in [0.1, 0.15) is 23.3 Å². The number of nitrogens with zero attached hydrogens (tertiary/aromatic N) is 3. The van der Waals surface area contributed by atoms with Gasteiger partial charge in [0.15, 0.2) is 5.82 Å². The van der Waals surface area contributed by atoms with Gasteiger partial charge in [0.25, 0.3) is 0 Å². The molecule has 112 valence electrons. The van der Waals surface area contributed by atoms with Gasteiger partial charge in [0, 0.05) is 30.2 Å². The fourth-order valence-electron chi connectivity index (χ4n) is 2.46. The minimum absolute atomic E-state index is 0.272. The highest BCUT2D eigenvalue weighted by molar-refractivity contribution is 7.99. The first kappa shape index (κ1) is 14.4. The number of nitrogen functional groups attached to an aromatic ring is 1. The molecule has 1 atom stereocenters. The van der Waals surface area contributed by atoms with Crippen molar-refractivity contribution in [1.82, 2.24) is 15.0 Å². The molecule has 2 heterocycles. The first-order valence-electron chi connectivity index (χ1n) is 7.17. The van der Waals surface area contributed by atoms with E-state index in [0.29, 0.717) is 5.89 Å². The predicted octanol–water partition coefficient (Wildman–Crippen LogP) is 2.16. The van der Waals surface area contributed by atoms with Crippen LogP contribution in [-0.2, 0) is 12.8 Å². The van der Waals surface area contributed by atoms with E-state index in [-0.39, 0.29) is 6.04 Å². The van der Waals surface area contributed by atoms with Gasteiger partial charge >= 0.3 is 0 Å². The second-order valence-electron chi connectivity index (χ2n) is 5.36. The van der Waals surface area contributed by atoms with E-state index in [2.05, 4.69) is 28.2 Å². The Labute approximate surface area is 128 Å². The molecule has 5 nitrogen and oxygen atoms in total. The van der Waals surface area contributed by atoms with E-state index in [1.165, 1.54) is 11.3 Å². The summed E-state index contributed by atoms with van der Waals surface area (Å²) in [6, 6.07) is 8.19. The van der Waals surface area contributed by atoms with Gasteiger partial charge in [-0.15, -0.1) is 0 Å². The van der Waals surface area contributed by atoms with Crippen LogP contribution in [0.15, 0.2) is 28.8 Å². The van der Waals surface area contributed by atoms with E-state index in [1.807, 2.05) is 30.0 Å². The number of nitrogens with two attached hydrogens (primary N) is 1. The maximum atomic E-state index is 5.79. The number of hydrogen-bond acceptors (Lipinski definition) is 6. The van der Waals surface area contributed by atoms with E-state index >= 15 is 0 Å². The number of thioether (sulfide) groups is 1. The summed E-state index contributed by atoms with van der Waals surface area (Å²) in [5.41, 5.74) is 7.77. The highest BCUT2D eigenvalue weighted by atomic mass is 32.2. The number of benzene rings is 1. The van der Waals surface area contributed by atoms with Gasteiger partial charge in [0.1, 0.15) is 0 Å². The van der Waals surface area contributed by atoms with Crippen molar-refractivity contribution in [2.75, 3.05) is 30.8 Å². The maximum Gasteiger partial charge on any atom is 0.227 e. The first-order valence-corrected chi connectivity index (χ1v) is 8.33. The van der Waals surface area contributed by atoms with Crippen LogP contribution in [0.4, 0.5) is 5.69 Å². The lowest BCUT2D eigenvalue weighted by molar-refractivity contribution is 0.256. The minimum atomic E-state index is 0.272. The molecule has 1 aliphatic heterocycles. The summed E-state index contributed by atoms with van der Waals surface area (Å²) >= 11 is 1.95. The molecule has 1 aromatic heterocycles. The fraction of sp³-hybridized carbons (Fsp3) is 0.467. The number of hydrogen-bond donors (Lipinski definition) is 1. The Morgan fingerprint density at radius 3 is 3.14 bits per heavy atom. The third-order valence-electron chi connectivity index (χ3n) is 3.76. The van der Waals surface area contributed by atoms with Crippen LogP contribution in [0.25, 0.3) is 0 Å². The van der Waals surface area contributed by atoms with Crippen LogP contribution >= 0.6 is 11.8 Å². The lowest BCUT2D eigenvalue weighted by Crippen LogP contribution is -2.33. The molecule has 1 saturated heterocycles. The summed E-state index contributed by atoms with van der Waals surface area (Å²) in [4.78, 5) is 6.85. The van der Waals surface area contributed by atoms with Crippen molar-refractivity contribution in [1.29, 1.82) is 0 Å². The zero-order valence-electron chi connectivity index (χ0n) is 12.2. The summed E-state index contributed by atoms with van der Waals surface area (Å²) < 4.78 is 5.39. The molecule has 3 rings (SSSR count). The molecule has 1 aliphatic rings. The molecule has 0 amide bonds. The van der Waals surface area contributed by atoms with Gasteiger partial charge in [-0.25, -0.2) is 0 Å². The Balaban J connectivity index is 1.62. The van der Waals surface area contributed by atoms with Crippen LogP contribution in [0.2, 0.25) is 0 Å². The van der Waals surface area contributed by atoms with Crippen molar-refractivity contribution >= 4 is 17.4 Å². The maximum absolute atomic E-state index is 5.79. The van der Waals surface area contributed by atoms with Gasteiger partial charge in [-0.1, -0.05) is 17.3 Å². The number of anilines is 1. The lowest BCUT2D eigenvalue weighted by atomic mass is 10.1. The Kier molecular flexibility index (Phi) is 4.45. The average Bonchev–Trinajstić information content (AvgIpc) is 2.94. The average molecular weight is 304 g/mol. The molecule has 1 unspecified atom stereocenters. The van der Waals surface area contributed by atoms with Crippen molar-refractivity contribution < 1.29 is 4.52 Å². The molecule has 0 saturated carbocycles. The van der Waals surface area contributed by atoms with Crippen LogP contribution in [0.5, 0.6) is 0 Å². The smallest absolute Gasteiger partial charge is 0.227 e. The molecule has 1 aromatic carbocycles. The molecule has 2 aromatic rings. The first-order chi connectivity index (χ1) is 10.2. The van der Waals surface area contributed by atoms with E-state index in [9.17, 15) is 0 Å². The van der Waals surface area contributed by atoms with Crippen LogP contribution in [0, 0.1) is 0 Å². The van der Waals surface area contributed by atoms with Crippen molar-refractivity contribution in [3.8, 4) is 0 Å². The third-order valence-corrected chi connectivity index (χ3v) is 4.78. The second-order valence-corrected chi connectivity index (χ2v) is 6.51. The zero-order chi connectivity index (χ0) is 14.7. The Morgan fingerprint density at radius 2 is 2.33 bits per heavy atom. The summed E-state index contributed by atoms with van der Waals surface area (Å²) in [5, 5.41) is 4.15. The molecule has 0 spiro atoms. The van der Waals surface area contributed by atoms with Crippen LogP contribution in [0.3, 0.4) is 0 Å². The van der Waals surface area contributed by atoms with Gasteiger partial charge in [-0.05, 0) is 31.2 Å². The highest BCUT2D eigenvalue weighted by Crippen LogP contribution is 2.26. The Bertz CT molecular complexity index is 601. The van der Waals surface area contributed by atoms with Gasteiger partial charge in [0.05, 0.1) is 6.04 Å². The van der Waals surface area contributed by atoms with Gasteiger partial charge in [0.2, 0.25) is 5.89 Å². The van der Waals surface area contributed by atoms with E-state index < -0.39 is 0 Å². The Morgan fingerprint density at radius 1 is 1.43 bits per heavy atom. The van der Waals surface area contributed by atoms with E-state index in [1.54, 1.807) is 0 Å². The molecule has 2 N–H and O–H groups in total. The normalized spacial score (nSPS) is 19.8. The van der Waals surface area contributed by atoms with Crippen molar-refractivity contribution in [2.45, 2.75) is 18.9 Å². The number of aromatic nitrogens is 2. The molecule has 0 radical (unpaired) electrons. The summed E-state index contributed by atoms with van der Waals surface area (Å²) in [6.45, 7) is 1.07. The number of aryl methyl sites for hydroxylation is 2. The summed E-state index contributed by atoms with van der Waals surface area (Å²) in [7, 11) is 2.12. The topological polar surface area (TPSA) is 68.2 Å². The largest absolute Gasteiger partial charge is 0.399 e.